The van der Waals surface area contributed by atoms with E-state index in [9.17, 15) is 9.59 Å². The average molecular weight is 384 g/mol. The molecule has 0 saturated carbocycles. The number of aryl methyl sites for hydroxylation is 3. The molecule has 8 heteroatoms. The first kappa shape index (κ1) is 19.9. The number of nitrogens with zero attached hydrogens (tertiary/aromatic N) is 2. The summed E-state index contributed by atoms with van der Waals surface area (Å²) in [5, 5.41) is 16.4. The lowest BCUT2D eigenvalue weighted by molar-refractivity contribution is -0.130. The largest absolute Gasteiger partial charge is 0.324 e. The number of benzene rings is 1. The minimum atomic E-state index is -0.518. The smallest absolute Gasteiger partial charge is 0.322 e. The maximum atomic E-state index is 12.5. The Balaban J connectivity index is 1.74. The minimum absolute atomic E-state index is 0.00506. The van der Waals surface area contributed by atoms with Gasteiger partial charge in [-0.25, -0.2) is 9.48 Å². The lowest BCUT2D eigenvalue weighted by Gasteiger charge is -2.35. The van der Waals surface area contributed by atoms with E-state index in [-0.39, 0.29) is 23.9 Å². The van der Waals surface area contributed by atoms with Gasteiger partial charge in [0.05, 0.1) is 11.6 Å². The molecule has 3 rings (SSSR count). The van der Waals surface area contributed by atoms with E-state index < -0.39 is 6.29 Å². The van der Waals surface area contributed by atoms with E-state index in [1.54, 1.807) is 10.7 Å². The molecule has 28 heavy (non-hydrogen) atoms. The summed E-state index contributed by atoms with van der Waals surface area (Å²) in [6.45, 7) is 9.83. The predicted octanol–water partition coefficient (Wildman–Crippen LogP) is 3.04. The van der Waals surface area contributed by atoms with Gasteiger partial charge >= 0.3 is 6.03 Å². The van der Waals surface area contributed by atoms with E-state index in [0.717, 1.165) is 17.7 Å². The highest BCUT2D eigenvalue weighted by atomic mass is 16.2. The van der Waals surface area contributed by atoms with Crippen molar-refractivity contribution in [3.63, 3.8) is 0 Å². The lowest BCUT2D eigenvalue weighted by Crippen LogP contribution is -2.57. The van der Waals surface area contributed by atoms with Crippen LogP contribution in [0, 0.1) is 26.7 Å². The number of hydrogen-bond acceptors (Lipinski definition) is 4. The highest BCUT2D eigenvalue weighted by molar-refractivity contribution is 5.99. The zero-order chi connectivity index (χ0) is 20.4. The summed E-state index contributed by atoms with van der Waals surface area (Å²) >= 11 is 0. The number of nitrogens with one attached hydrogen (secondary N) is 4. The van der Waals surface area contributed by atoms with Crippen LogP contribution >= 0.6 is 0 Å². The number of carbonyl (C=O) groups excluding carboxylic acids is 2. The predicted molar refractivity (Wildman–Crippen MR) is 109 cm³/mol. The molecule has 150 valence electrons. The topological polar surface area (TPSA) is 100 Å². The second-order valence-corrected chi connectivity index (χ2v) is 7.37. The van der Waals surface area contributed by atoms with Crippen LogP contribution < -0.4 is 21.3 Å². The second-order valence-electron chi connectivity index (χ2n) is 7.37. The molecule has 1 aliphatic heterocycles. The quantitative estimate of drug-likeness (QED) is 0.651. The molecule has 1 aliphatic rings. The van der Waals surface area contributed by atoms with E-state index in [4.69, 9.17) is 0 Å². The fourth-order valence-electron chi connectivity index (χ4n) is 3.45. The summed E-state index contributed by atoms with van der Waals surface area (Å²) in [4.78, 5) is 24.8. The van der Waals surface area contributed by atoms with Crippen LogP contribution in [-0.2, 0) is 4.79 Å². The molecule has 1 aromatic carbocycles. The molecule has 0 bridgehead atoms. The number of carbonyl (C=O) groups is 2. The number of anilines is 2. The third kappa shape index (κ3) is 4.17. The van der Waals surface area contributed by atoms with Crippen molar-refractivity contribution in [1.29, 1.82) is 0 Å². The third-order valence-electron chi connectivity index (χ3n) is 5.19. The summed E-state index contributed by atoms with van der Waals surface area (Å²) in [6.07, 6.45) is 0.241. The van der Waals surface area contributed by atoms with Gasteiger partial charge in [0, 0.05) is 17.8 Å². The second kappa shape index (κ2) is 8.02. The summed E-state index contributed by atoms with van der Waals surface area (Å²) < 4.78 is 1.59. The number of rotatable bonds is 4. The average Bonchev–Trinajstić information content (AvgIpc) is 2.98. The van der Waals surface area contributed by atoms with E-state index in [0.29, 0.717) is 11.5 Å². The summed E-state index contributed by atoms with van der Waals surface area (Å²) in [5.74, 6) is 0.397. The van der Waals surface area contributed by atoms with Crippen molar-refractivity contribution in [2.24, 2.45) is 5.92 Å². The van der Waals surface area contributed by atoms with E-state index in [1.807, 2.05) is 52.8 Å². The minimum Gasteiger partial charge on any atom is -0.322 e. The molecule has 0 radical (unpaired) electrons. The van der Waals surface area contributed by atoms with Gasteiger partial charge in [0.15, 0.2) is 6.29 Å². The van der Waals surface area contributed by atoms with Crippen LogP contribution in [0.5, 0.6) is 0 Å². The molecule has 4 N–H and O–H groups in total. The van der Waals surface area contributed by atoms with Crippen LogP contribution in [0.4, 0.5) is 16.3 Å². The van der Waals surface area contributed by atoms with Crippen molar-refractivity contribution >= 4 is 23.4 Å². The van der Waals surface area contributed by atoms with E-state index >= 15 is 0 Å². The Bertz CT molecular complexity index is 891. The fourth-order valence-corrected chi connectivity index (χ4v) is 3.45. The van der Waals surface area contributed by atoms with Crippen molar-refractivity contribution in [1.82, 2.24) is 20.4 Å². The Morgan fingerprint density at radius 2 is 1.93 bits per heavy atom. The van der Waals surface area contributed by atoms with Crippen LogP contribution in [0.25, 0.3) is 0 Å². The van der Waals surface area contributed by atoms with E-state index in [1.165, 1.54) is 5.56 Å². The van der Waals surface area contributed by atoms with Gasteiger partial charge < -0.3 is 10.6 Å². The fraction of sp³-hybridized carbons (Fsp3) is 0.450. The van der Waals surface area contributed by atoms with Gasteiger partial charge in [0.2, 0.25) is 5.91 Å². The maximum Gasteiger partial charge on any atom is 0.324 e. The summed E-state index contributed by atoms with van der Waals surface area (Å²) in [7, 11) is 0. The first-order valence-electron chi connectivity index (χ1n) is 9.56. The van der Waals surface area contributed by atoms with Gasteiger partial charge in [0.25, 0.3) is 0 Å². The molecule has 1 saturated heterocycles. The molecule has 1 aromatic heterocycles. The zero-order valence-electron chi connectivity index (χ0n) is 17.0. The van der Waals surface area contributed by atoms with Crippen molar-refractivity contribution in [3.05, 3.63) is 41.1 Å². The summed E-state index contributed by atoms with van der Waals surface area (Å²) in [5.41, 5.74) is 3.72. The van der Waals surface area contributed by atoms with Crippen molar-refractivity contribution in [3.8, 4) is 0 Å². The first-order valence-corrected chi connectivity index (χ1v) is 9.56. The van der Waals surface area contributed by atoms with Crippen molar-refractivity contribution < 1.29 is 9.59 Å². The number of urea groups is 1. The molecule has 8 nitrogen and oxygen atoms in total. The van der Waals surface area contributed by atoms with Gasteiger partial charge in [-0.05, 0) is 57.4 Å². The zero-order valence-corrected chi connectivity index (χ0v) is 17.0. The van der Waals surface area contributed by atoms with Crippen molar-refractivity contribution in [2.75, 3.05) is 10.6 Å². The van der Waals surface area contributed by atoms with Crippen LogP contribution in [0.2, 0.25) is 0 Å². The van der Waals surface area contributed by atoms with Gasteiger partial charge in [0.1, 0.15) is 5.82 Å². The number of aromatic nitrogens is 2. The Hall–Kier alpha value is -2.87. The molecular weight excluding hydrogens is 356 g/mol. The SMILES string of the molecule is CCC1C(=O)NC(n2nc(C)cc2NC(=O)Nc2ccc(C)c(C)c2)NC1C. The van der Waals surface area contributed by atoms with E-state index in [2.05, 4.69) is 26.4 Å². The molecule has 0 aliphatic carbocycles. The Morgan fingerprint density at radius 3 is 2.57 bits per heavy atom. The normalized spacial score (nSPS) is 21.9. The first-order chi connectivity index (χ1) is 13.3. The molecule has 2 aromatic rings. The van der Waals surface area contributed by atoms with Crippen LogP contribution in [0.3, 0.4) is 0 Å². The highest BCUT2D eigenvalue weighted by Crippen LogP contribution is 2.21. The maximum absolute atomic E-state index is 12.5. The lowest BCUT2D eigenvalue weighted by atomic mass is 9.95. The number of amides is 3. The molecule has 3 atom stereocenters. The Kier molecular flexibility index (Phi) is 5.69. The Labute approximate surface area is 165 Å². The Morgan fingerprint density at radius 1 is 1.18 bits per heavy atom. The molecule has 3 amide bonds. The van der Waals surface area contributed by atoms with Gasteiger partial charge in [-0.2, -0.15) is 5.10 Å². The highest BCUT2D eigenvalue weighted by Gasteiger charge is 2.34. The molecular formula is C20H28N6O2. The molecule has 1 fully saturated rings. The third-order valence-corrected chi connectivity index (χ3v) is 5.19. The van der Waals surface area contributed by atoms with Crippen LogP contribution in [0.1, 0.15) is 43.4 Å². The number of hydrogen-bond donors (Lipinski definition) is 4. The summed E-state index contributed by atoms with van der Waals surface area (Å²) in [6, 6.07) is 7.15. The van der Waals surface area contributed by atoms with Gasteiger partial charge in [-0.1, -0.05) is 13.0 Å². The van der Waals surface area contributed by atoms with Gasteiger partial charge in [-0.3, -0.25) is 15.4 Å². The molecule has 3 unspecified atom stereocenters. The molecule has 0 spiro atoms. The standard InChI is InChI=1S/C20H28N6O2/c1-6-16-14(5)21-19(24-18(16)27)26-17(10-13(4)25-26)23-20(28)22-15-8-7-11(2)12(3)9-15/h7-10,14,16,19,21H,6H2,1-5H3,(H,24,27)(H2,22,23,28). The van der Waals surface area contributed by atoms with Gasteiger partial charge in [-0.15, -0.1) is 0 Å². The van der Waals surface area contributed by atoms with Crippen LogP contribution in [-0.4, -0.2) is 27.8 Å². The monoisotopic (exact) mass is 384 g/mol. The molecule has 2 heterocycles. The van der Waals surface area contributed by atoms with Crippen LogP contribution in [0.15, 0.2) is 24.3 Å². The van der Waals surface area contributed by atoms with Crippen molar-refractivity contribution in [2.45, 2.75) is 53.4 Å².